The predicted octanol–water partition coefficient (Wildman–Crippen LogP) is 1.29. The van der Waals surface area contributed by atoms with Crippen molar-refractivity contribution in [3.8, 4) is 11.1 Å². The molecule has 2 saturated heterocycles. The third-order valence-electron chi connectivity index (χ3n) is 5.18. The Bertz CT molecular complexity index is 1110. The van der Waals surface area contributed by atoms with E-state index in [1.165, 1.54) is 11.8 Å². The zero-order chi connectivity index (χ0) is 21.3. The predicted molar refractivity (Wildman–Crippen MR) is 122 cm³/mol. The zero-order valence-electron chi connectivity index (χ0n) is 17.3. The van der Waals surface area contributed by atoms with Crippen LogP contribution in [0.1, 0.15) is 6.92 Å². The maximum absolute atomic E-state index is 6.02. The van der Waals surface area contributed by atoms with E-state index in [1.54, 1.807) is 0 Å². The Kier molecular flexibility index (Phi) is 5.59. The fourth-order valence-electron chi connectivity index (χ4n) is 3.50. The largest absolute Gasteiger partial charge is 0.379 e. The number of amidine groups is 1. The number of ether oxygens (including phenoxy) is 1. The topological polar surface area (TPSA) is 119 Å². The van der Waals surface area contributed by atoms with E-state index in [-0.39, 0.29) is 0 Å². The molecule has 2 aliphatic heterocycles. The molecule has 2 aliphatic rings. The van der Waals surface area contributed by atoms with Crippen molar-refractivity contribution in [1.82, 2.24) is 35.5 Å². The molecule has 0 spiro atoms. The van der Waals surface area contributed by atoms with Crippen molar-refractivity contribution in [2.75, 3.05) is 32.8 Å². The van der Waals surface area contributed by atoms with Gasteiger partial charge in [-0.25, -0.2) is 15.4 Å². The van der Waals surface area contributed by atoms with Gasteiger partial charge in [-0.1, -0.05) is 0 Å². The average Bonchev–Trinajstić information content (AvgIpc) is 3.38. The van der Waals surface area contributed by atoms with E-state index < -0.39 is 4.99 Å². The molecule has 5 heterocycles. The van der Waals surface area contributed by atoms with Gasteiger partial charge >= 0.3 is 0 Å². The number of aliphatic imine (C=N–C) groups is 1. The molecule has 0 aromatic carbocycles. The standard InChI is InChI=1S/C20H25N9OS/c1-20(21)27-26-19(31-20)25-18-3-2-16-17(24-18)10-14(11-22-16)15-12-23-29(13-15)5-4-28-6-8-30-9-7-28/h2-3,10-13,27H,4-9,21H2,1H3,(H,24,25,26). The number of hydrogen-bond donors (Lipinski definition) is 3. The lowest BCUT2D eigenvalue weighted by Gasteiger charge is -2.26. The number of nitrogens with zero attached hydrogens (tertiary/aromatic N) is 6. The maximum Gasteiger partial charge on any atom is 0.181 e. The summed E-state index contributed by atoms with van der Waals surface area (Å²) in [6, 6.07) is 5.79. The van der Waals surface area contributed by atoms with Crippen LogP contribution in [-0.2, 0) is 11.3 Å². The Morgan fingerprint density at radius 2 is 2.06 bits per heavy atom. The van der Waals surface area contributed by atoms with Crippen LogP contribution in [0.4, 0.5) is 5.82 Å². The van der Waals surface area contributed by atoms with Gasteiger partial charge in [-0.15, -0.1) is 0 Å². The van der Waals surface area contributed by atoms with Crippen LogP contribution < -0.4 is 16.6 Å². The molecule has 1 atom stereocenters. The Labute approximate surface area is 184 Å². The van der Waals surface area contributed by atoms with Gasteiger partial charge in [0, 0.05) is 43.2 Å². The van der Waals surface area contributed by atoms with Gasteiger partial charge in [0.2, 0.25) is 0 Å². The van der Waals surface area contributed by atoms with Crippen molar-refractivity contribution in [3.05, 3.63) is 36.8 Å². The first kappa shape index (κ1) is 20.3. The number of rotatable bonds is 5. The van der Waals surface area contributed by atoms with E-state index >= 15 is 0 Å². The highest BCUT2D eigenvalue weighted by molar-refractivity contribution is 8.15. The minimum atomic E-state index is -0.591. The summed E-state index contributed by atoms with van der Waals surface area (Å²) in [4.78, 5) is 15.6. The second kappa shape index (κ2) is 8.52. The normalized spacial score (nSPS) is 23.5. The number of hydrazine groups is 1. The highest BCUT2D eigenvalue weighted by Crippen LogP contribution is 2.26. The highest BCUT2D eigenvalue weighted by atomic mass is 32.2. The molecule has 0 saturated carbocycles. The summed E-state index contributed by atoms with van der Waals surface area (Å²) in [6.45, 7) is 7.27. The lowest BCUT2D eigenvalue weighted by Crippen LogP contribution is -2.47. The van der Waals surface area contributed by atoms with E-state index in [9.17, 15) is 0 Å². The molecule has 3 aromatic rings. The van der Waals surface area contributed by atoms with Gasteiger partial charge in [0.05, 0.1) is 37.0 Å². The number of nitrogens with two attached hydrogens (primary N) is 1. The van der Waals surface area contributed by atoms with Gasteiger partial charge in [-0.05, 0) is 36.9 Å². The van der Waals surface area contributed by atoms with E-state index in [4.69, 9.17) is 10.5 Å². The smallest absolute Gasteiger partial charge is 0.181 e. The summed E-state index contributed by atoms with van der Waals surface area (Å²) in [6.07, 6.45) is 5.79. The number of aromatic nitrogens is 4. The van der Waals surface area contributed by atoms with E-state index in [0.29, 0.717) is 11.0 Å². The first-order chi connectivity index (χ1) is 15.0. The second-order valence-corrected chi connectivity index (χ2v) is 9.19. The van der Waals surface area contributed by atoms with Crippen molar-refractivity contribution >= 4 is 33.8 Å². The lowest BCUT2D eigenvalue weighted by molar-refractivity contribution is 0.0360. The van der Waals surface area contributed by atoms with Crippen LogP contribution in [0.25, 0.3) is 22.2 Å². The van der Waals surface area contributed by atoms with Crippen LogP contribution in [0.15, 0.2) is 41.8 Å². The molecule has 31 heavy (non-hydrogen) atoms. The molecule has 10 nitrogen and oxygen atoms in total. The maximum atomic E-state index is 6.02. The van der Waals surface area contributed by atoms with Gasteiger partial charge < -0.3 is 10.5 Å². The number of thioether (sulfide) groups is 1. The number of hydrogen-bond acceptors (Lipinski definition) is 9. The number of nitrogens with one attached hydrogen (secondary N) is 2. The Hall–Kier alpha value is -2.57. The van der Waals surface area contributed by atoms with Gasteiger partial charge in [-0.2, -0.15) is 5.10 Å². The van der Waals surface area contributed by atoms with Gasteiger partial charge in [0.25, 0.3) is 0 Å². The van der Waals surface area contributed by atoms with Gasteiger partial charge in [0.1, 0.15) is 4.99 Å². The summed E-state index contributed by atoms with van der Waals surface area (Å²) in [5.74, 6) is 0.599. The monoisotopic (exact) mass is 439 g/mol. The van der Waals surface area contributed by atoms with Crippen molar-refractivity contribution in [2.24, 2.45) is 10.7 Å². The molecule has 11 heteroatoms. The quantitative estimate of drug-likeness (QED) is 0.540. The number of morpholine rings is 1. The molecule has 1 unspecified atom stereocenters. The van der Waals surface area contributed by atoms with Crippen molar-refractivity contribution in [1.29, 1.82) is 0 Å². The van der Waals surface area contributed by atoms with E-state index in [1.807, 2.05) is 42.2 Å². The summed E-state index contributed by atoms with van der Waals surface area (Å²) < 4.78 is 7.38. The van der Waals surface area contributed by atoms with Gasteiger partial charge in [-0.3, -0.25) is 20.0 Å². The SMILES string of the molecule is CC1(N)NNC(=Nc2ccc3ncc(-c4cnn(CCN5CCOCC5)c4)cc3n2)S1. The molecule has 4 N–H and O–H groups in total. The third-order valence-corrected chi connectivity index (χ3v) is 6.09. The van der Waals surface area contributed by atoms with Crippen LogP contribution in [-0.4, -0.2) is 67.7 Å². The molecule has 0 bridgehead atoms. The minimum absolute atomic E-state index is 0.591. The number of fused-ring (bicyclic) bond motifs is 1. The Morgan fingerprint density at radius 1 is 1.19 bits per heavy atom. The van der Waals surface area contributed by atoms with E-state index in [0.717, 1.165) is 61.6 Å². The molecule has 3 aromatic heterocycles. The van der Waals surface area contributed by atoms with Crippen molar-refractivity contribution in [3.63, 3.8) is 0 Å². The lowest BCUT2D eigenvalue weighted by atomic mass is 10.1. The molecule has 0 amide bonds. The van der Waals surface area contributed by atoms with Crippen LogP contribution in [0.5, 0.6) is 0 Å². The molecule has 162 valence electrons. The summed E-state index contributed by atoms with van der Waals surface area (Å²) >= 11 is 1.41. The van der Waals surface area contributed by atoms with E-state index in [2.05, 4.69) is 42.0 Å². The van der Waals surface area contributed by atoms with Gasteiger partial charge in [0.15, 0.2) is 11.0 Å². The van der Waals surface area contributed by atoms with Crippen LogP contribution >= 0.6 is 11.8 Å². The minimum Gasteiger partial charge on any atom is -0.379 e. The van der Waals surface area contributed by atoms with Crippen LogP contribution in [0.2, 0.25) is 0 Å². The third kappa shape index (κ3) is 4.86. The fourth-order valence-corrected chi connectivity index (χ4v) is 4.25. The molecular formula is C20H25N9OS. The average molecular weight is 440 g/mol. The van der Waals surface area contributed by atoms with Crippen molar-refractivity contribution < 1.29 is 4.74 Å². The fraction of sp³-hybridized carbons (Fsp3) is 0.400. The first-order valence-corrected chi connectivity index (χ1v) is 11.1. The molecule has 0 radical (unpaired) electrons. The Morgan fingerprint density at radius 3 is 2.87 bits per heavy atom. The summed E-state index contributed by atoms with van der Waals surface area (Å²) in [7, 11) is 0. The zero-order valence-corrected chi connectivity index (χ0v) is 18.1. The van der Waals surface area contributed by atoms with Crippen LogP contribution in [0, 0.1) is 0 Å². The van der Waals surface area contributed by atoms with Crippen molar-refractivity contribution in [2.45, 2.75) is 18.5 Å². The highest BCUT2D eigenvalue weighted by Gasteiger charge is 2.28. The molecule has 5 rings (SSSR count). The second-order valence-electron chi connectivity index (χ2n) is 7.75. The number of pyridine rings is 2. The first-order valence-electron chi connectivity index (χ1n) is 10.2. The summed E-state index contributed by atoms with van der Waals surface area (Å²) in [5.41, 5.74) is 15.6. The Balaban J connectivity index is 1.32. The molecule has 0 aliphatic carbocycles. The summed E-state index contributed by atoms with van der Waals surface area (Å²) in [5, 5.41) is 5.20. The molecular weight excluding hydrogens is 414 g/mol. The molecule has 2 fully saturated rings. The van der Waals surface area contributed by atoms with Crippen LogP contribution in [0.3, 0.4) is 0 Å².